The van der Waals surface area contributed by atoms with Gasteiger partial charge in [-0.2, -0.15) is 0 Å². The van der Waals surface area contributed by atoms with Crippen LogP contribution in [0.3, 0.4) is 0 Å². The van der Waals surface area contributed by atoms with Crippen LogP contribution in [0, 0.1) is 0 Å². The maximum Gasteiger partial charge on any atom is 0.352 e. The number of dihydropyridines is 1. The highest BCUT2D eigenvalue weighted by molar-refractivity contribution is 6.31. The van der Waals surface area contributed by atoms with E-state index in [-0.39, 0.29) is 23.4 Å². The van der Waals surface area contributed by atoms with Crippen molar-refractivity contribution in [3.8, 4) is 0 Å². The molecule has 0 saturated carbocycles. The number of aromatic carboxylic acids is 1. The minimum absolute atomic E-state index is 0.0173. The summed E-state index contributed by atoms with van der Waals surface area (Å²) in [6, 6.07) is 4.69. The zero-order valence-corrected chi connectivity index (χ0v) is 15.1. The monoisotopic (exact) mass is 390 g/mol. The van der Waals surface area contributed by atoms with Crippen molar-refractivity contribution in [2.45, 2.75) is 12.8 Å². The van der Waals surface area contributed by atoms with Crippen LogP contribution in [0.2, 0.25) is 5.02 Å². The molecule has 2 aromatic rings. The molecule has 0 saturated heterocycles. The van der Waals surface area contributed by atoms with Gasteiger partial charge in [0.2, 0.25) is 0 Å². The van der Waals surface area contributed by atoms with Crippen molar-refractivity contribution in [2.75, 3.05) is 6.61 Å². The lowest BCUT2D eigenvalue weighted by Gasteiger charge is -2.19. The van der Waals surface area contributed by atoms with Crippen LogP contribution in [-0.2, 0) is 21.4 Å². The summed E-state index contributed by atoms with van der Waals surface area (Å²) in [4.78, 5) is 40.0. The molecule has 1 unspecified atom stereocenters. The largest absolute Gasteiger partial charge is 0.510 e. The van der Waals surface area contributed by atoms with Gasteiger partial charge in [-0.1, -0.05) is 11.6 Å². The van der Waals surface area contributed by atoms with E-state index in [9.17, 15) is 24.6 Å². The highest BCUT2D eigenvalue weighted by Crippen LogP contribution is 2.39. The summed E-state index contributed by atoms with van der Waals surface area (Å²) in [5.74, 6) is -5.01. The van der Waals surface area contributed by atoms with Gasteiger partial charge in [0.05, 0.1) is 6.61 Å². The molecule has 0 radical (unpaired) electrons. The summed E-state index contributed by atoms with van der Waals surface area (Å²) in [6.07, 6.45) is 0.921. The van der Waals surface area contributed by atoms with Crippen molar-refractivity contribution in [3.05, 3.63) is 45.8 Å². The number of hydrogen-bond acceptors (Lipinski definition) is 5. The van der Waals surface area contributed by atoms with Crippen molar-refractivity contribution < 1.29 is 29.3 Å². The maximum absolute atomic E-state index is 12.5. The van der Waals surface area contributed by atoms with Crippen LogP contribution in [0.4, 0.5) is 0 Å². The van der Waals surface area contributed by atoms with E-state index in [2.05, 4.69) is 4.99 Å². The van der Waals surface area contributed by atoms with Crippen LogP contribution in [-0.4, -0.2) is 45.4 Å². The average molecular weight is 391 g/mol. The second-order valence-corrected chi connectivity index (χ2v) is 6.27. The number of carbonyl (C=O) groups excluding carboxylic acids is 2. The van der Waals surface area contributed by atoms with Crippen LogP contribution in [0.15, 0.2) is 34.5 Å². The van der Waals surface area contributed by atoms with Gasteiger partial charge in [-0.25, -0.2) is 14.6 Å². The van der Waals surface area contributed by atoms with E-state index < -0.39 is 29.5 Å². The lowest BCUT2D eigenvalue weighted by molar-refractivity contribution is -0.138. The minimum atomic E-state index is -1.46. The zero-order chi connectivity index (χ0) is 19.9. The van der Waals surface area contributed by atoms with E-state index in [4.69, 9.17) is 16.3 Å². The van der Waals surface area contributed by atoms with Gasteiger partial charge in [0.1, 0.15) is 22.9 Å². The quantitative estimate of drug-likeness (QED) is 0.774. The lowest BCUT2D eigenvalue weighted by atomic mass is 9.89. The van der Waals surface area contributed by atoms with Crippen LogP contribution < -0.4 is 0 Å². The number of benzene rings is 1. The number of aliphatic hydroxyl groups is 1. The summed E-state index contributed by atoms with van der Waals surface area (Å²) in [7, 11) is 1.52. The summed E-state index contributed by atoms with van der Waals surface area (Å²) < 4.78 is 6.24. The van der Waals surface area contributed by atoms with Crippen molar-refractivity contribution in [1.29, 1.82) is 0 Å². The number of aliphatic hydroxyl groups excluding tert-OH is 1. The Hall–Kier alpha value is -3.13. The summed E-state index contributed by atoms with van der Waals surface area (Å²) >= 11 is 6.04. The van der Waals surface area contributed by atoms with Crippen LogP contribution in [0.1, 0.15) is 28.9 Å². The molecule has 8 nitrogen and oxygen atoms in total. The number of fused-ring (bicyclic) bond motifs is 1. The van der Waals surface area contributed by atoms with Crippen molar-refractivity contribution >= 4 is 46.6 Å². The molecule has 27 heavy (non-hydrogen) atoms. The molecule has 2 heterocycles. The molecule has 0 spiro atoms. The maximum atomic E-state index is 12.5. The predicted octanol–water partition coefficient (Wildman–Crippen LogP) is 2.60. The van der Waals surface area contributed by atoms with Gasteiger partial charge in [-0.05, 0) is 25.1 Å². The summed E-state index contributed by atoms with van der Waals surface area (Å²) in [5, 5.41) is 21.0. The number of aromatic nitrogens is 1. The fourth-order valence-electron chi connectivity index (χ4n) is 3.16. The van der Waals surface area contributed by atoms with E-state index in [0.717, 1.165) is 6.21 Å². The van der Waals surface area contributed by atoms with E-state index in [1.165, 1.54) is 17.7 Å². The molecule has 0 fully saturated rings. The molecule has 0 aliphatic carbocycles. The number of carboxylic acid groups (broad SMARTS) is 1. The molecule has 1 aliphatic heterocycles. The minimum Gasteiger partial charge on any atom is -0.510 e. The molecular weight excluding hydrogens is 376 g/mol. The Bertz CT molecular complexity index is 1050. The second-order valence-electron chi connectivity index (χ2n) is 5.84. The first kappa shape index (κ1) is 18.7. The second kappa shape index (κ2) is 6.88. The Balaban J connectivity index is 2.33. The van der Waals surface area contributed by atoms with Crippen LogP contribution in [0.5, 0.6) is 0 Å². The number of ether oxygens (including phenoxy) is 1. The first-order valence-corrected chi connectivity index (χ1v) is 8.35. The van der Waals surface area contributed by atoms with Crippen molar-refractivity contribution in [3.63, 3.8) is 0 Å². The third-order valence-electron chi connectivity index (χ3n) is 4.30. The van der Waals surface area contributed by atoms with Gasteiger partial charge in [0.25, 0.3) is 5.91 Å². The van der Waals surface area contributed by atoms with Crippen molar-refractivity contribution in [2.24, 2.45) is 12.0 Å². The number of nitrogens with zero attached hydrogens (tertiary/aromatic N) is 2. The fraction of sp³-hybridized carbons (Fsp3) is 0.222. The lowest BCUT2D eigenvalue weighted by Crippen LogP contribution is -2.25. The third kappa shape index (κ3) is 2.97. The number of carbonyl (C=O) groups is 3. The number of rotatable bonds is 4. The van der Waals surface area contributed by atoms with E-state index >= 15 is 0 Å². The van der Waals surface area contributed by atoms with Gasteiger partial charge in [0, 0.05) is 34.8 Å². The third-order valence-corrected chi connectivity index (χ3v) is 4.54. The Morgan fingerprint density at radius 3 is 2.70 bits per heavy atom. The highest BCUT2D eigenvalue weighted by Gasteiger charge is 2.38. The van der Waals surface area contributed by atoms with Gasteiger partial charge in [-0.15, -0.1) is 0 Å². The molecule has 3 rings (SSSR count). The molecule has 1 atom stereocenters. The van der Waals surface area contributed by atoms with Gasteiger partial charge in [-0.3, -0.25) is 4.79 Å². The summed E-state index contributed by atoms with van der Waals surface area (Å²) in [6.45, 7) is 1.65. The smallest absolute Gasteiger partial charge is 0.352 e. The number of aliphatic imine (C=N–C) groups is 1. The SMILES string of the molecule is CCOC(=O)C1=C(O)C(c2c(C(=O)O)n(C)c3ccc(Cl)cc23)C(=O)N=C1. The first-order chi connectivity index (χ1) is 12.8. The fourth-order valence-corrected chi connectivity index (χ4v) is 3.34. The number of esters is 1. The number of carboxylic acids is 1. The highest BCUT2D eigenvalue weighted by atomic mass is 35.5. The van der Waals surface area contributed by atoms with Gasteiger partial charge in [0.15, 0.2) is 0 Å². The number of aryl methyl sites for hydroxylation is 1. The molecule has 1 aromatic carbocycles. The molecule has 1 aromatic heterocycles. The van der Waals surface area contributed by atoms with E-state index in [1.807, 2.05) is 0 Å². The molecule has 2 N–H and O–H groups in total. The Morgan fingerprint density at radius 1 is 1.37 bits per heavy atom. The Labute approximate surface area is 158 Å². The topological polar surface area (TPSA) is 118 Å². The number of hydrogen-bond donors (Lipinski definition) is 2. The van der Waals surface area contributed by atoms with Gasteiger partial charge >= 0.3 is 11.9 Å². The van der Waals surface area contributed by atoms with Crippen LogP contribution in [0.25, 0.3) is 10.9 Å². The molecule has 1 aliphatic rings. The number of amides is 1. The van der Waals surface area contributed by atoms with Gasteiger partial charge < -0.3 is 19.5 Å². The first-order valence-electron chi connectivity index (χ1n) is 7.97. The Kier molecular flexibility index (Phi) is 4.75. The van der Waals surface area contributed by atoms with Crippen molar-refractivity contribution in [1.82, 2.24) is 4.57 Å². The predicted molar refractivity (Wildman–Crippen MR) is 97.4 cm³/mol. The Morgan fingerprint density at radius 2 is 2.07 bits per heavy atom. The van der Waals surface area contributed by atoms with E-state index in [1.54, 1.807) is 19.1 Å². The molecule has 1 amide bonds. The molecule has 0 bridgehead atoms. The molecular formula is C18H15ClN2O6. The molecule has 140 valence electrons. The standard InChI is InChI=1S/C18H15ClN2O6/c1-3-27-18(26)10-7-20-16(23)13(15(10)22)12-9-6-8(19)4-5-11(9)21(2)14(12)17(24)25/h4-7,13,22H,3H2,1-2H3,(H,24,25). The summed E-state index contributed by atoms with van der Waals surface area (Å²) in [5.41, 5.74) is 0.0116. The van der Waals surface area contributed by atoms with E-state index in [0.29, 0.717) is 15.9 Å². The number of halogens is 1. The zero-order valence-electron chi connectivity index (χ0n) is 14.4. The molecule has 9 heteroatoms. The average Bonchev–Trinajstić information content (AvgIpc) is 2.87. The normalized spacial score (nSPS) is 16.9. The van der Waals surface area contributed by atoms with Crippen LogP contribution >= 0.6 is 11.6 Å².